The topological polar surface area (TPSA) is 46.2 Å². The van der Waals surface area contributed by atoms with E-state index in [9.17, 15) is 12.8 Å². The van der Waals surface area contributed by atoms with Crippen LogP contribution in [0.3, 0.4) is 0 Å². The van der Waals surface area contributed by atoms with Gasteiger partial charge in [0.15, 0.2) is 0 Å². The smallest absolute Gasteiger partial charge is 0.233 e. The first-order valence-electron chi connectivity index (χ1n) is 5.05. The summed E-state index contributed by atoms with van der Waals surface area (Å²) in [7, 11) is -3.43. The van der Waals surface area contributed by atoms with Gasteiger partial charge in [-0.3, -0.25) is 4.72 Å². The molecular formula is C11H15BrFNO2S. The highest BCUT2D eigenvalue weighted by Gasteiger charge is 2.22. The second-order valence-electron chi connectivity index (χ2n) is 5.05. The molecule has 0 radical (unpaired) electrons. The highest BCUT2D eigenvalue weighted by Crippen LogP contribution is 2.25. The van der Waals surface area contributed by atoms with Crippen LogP contribution in [0.1, 0.15) is 20.8 Å². The molecule has 0 saturated carbocycles. The number of anilines is 1. The van der Waals surface area contributed by atoms with Crippen LogP contribution in [0.2, 0.25) is 0 Å². The molecule has 0 aromatic heterocycles. The molecule has 0 saturated heterocycles. The van der Waals surface area contributed by atoms with Gasteiger partial charge < -0.3 is 0 Å². The summed E-state index contributed by atoms with van der Waals surface area (Å²) >= 11 is 3.11. The van der Waals surface area contributed by atoms with E-state index in [1.165, 1.54) is 18.2 Å². The lowest BCUT2D eigenvalue weighted by atomic mass is 10.0. The highest BCUT2D eigenvalue weighted by atomic mass is 79.9. The third-order valence-electron chi connectivity index (χ3n) is 1.82. The maximum absolute atomic E-state index is 12.8. The summed E-state index contributed by atoms with van der Waals surface area (Å²) in [4.78, 5) is 0. The summed E-state index contributed by atoms with van der Waals surface area (Å²) in [5.41, 5.74) is 0.00821. The average Bonchev–Trinajstić information content (AvgIpc) is 2.05. The Balaban J connectivity index is 2.91. The van der Waals surface area contributed by atoms with Crippen molar-refractivity contribution >= 4 is 31.6 Å². The lowest BCUT2D eigenvalue weighted by Gasteiger charge is -2.19. The van der Waals surface area contributed by atoms with Gasteiger partial charge in [0.25, 0.3) is 0 Å². The minimum atomic E-state index is -3.43. The van der Waals surface area contributed by atoms with Crippen molar-refractivity contribution in [3.63, 3.8) is 0 Å². The van der Waals surface area contributed by atoms with Gasteiger partial charge in [-0.2, -0.15) is 0 Å². The van der Waals surface area contributed by atoms with E-state index < -0.39 is 15.8 Å². The molecule has 0 unspecified atom stereocenters. The number of nitrogens with one attached hydrogen (secondary N) is 1. The summed E-state index contributed by atoms with van der Waals surface area (Å²) in [6.07, 6.45) is 0. The van der Waals surface area contributed by atoms with Crippen LogP contribution in [-0.4, -0.2) is 14.2 Å². The van der Waals surface area contributed by atoms with Crippen LogP contribution in [0, 0.1) is 11.2 Å². The summed E-state index contributed by atoms with van der Waals surface area (Å²) < 4.78 is 39.3. The van der Waals surface area contributed by atoms with Crippen molar-refractivity contribution < 1.29 is 12.8 Å². The van der Waals surface area contributed by atoms with Gasteiger partial charge in [0.05, 0.1) is 11.4 Å². The summed E-state index contributed by atoms with van der Waals surface area (Å²) in [6, 6.07) is 3.81. The Morgan fingerprint density at radius 2 is 1.94 bits per heavy atom. The molecule has 0 fully saturated rings. The van der Waals surface area contributed by atoms with Crippen molar-refractivity contribution in [3.05, 3.63) is 28.5 Å². The Kier molecular flexibility index (Phi) is 4.19. The summed E-state index contributed by atoms with van der Waals surface area (Å²) in [5.74, 6) is -0.417. The number of rotatable bonds is 3. The SMILES string of the molecule is CC(C)(C)CS(=O)(=O)Nc1ccc(F)cc1Br. The lowest BCUT2D eigenvalue weighted by Crippen LogP contribution is -2.26. The zero-order valence-corrected chi connectivity index (χ0v) is 12.3. The number of sulfonamides is 1. The minimum absolute atomic E-state index is 0.00379. The predicted molar refractivity (Wildman–Crippen MR) is 71.0 cm³/mol. The molecule has 1 N–H and O–H groups in total. The van der Waals surface area contributed by atoms with Crippen molar-refractivity contribution in [1.82, 2.24) is 0 Å². The quantitative estimate of drug-likeness (QED) is 0.926. The van der Waals surface area contributed by atoms with E-state index in [0.29, 0.717) is 10.2 Å². The van der Waals surface area contributed by atoms with Crippen molar-refractivity contribution in [3.8, 4) is 0 Å². The van der Waals surface area contributed by atoms with Crippen LogP contribution in [0.25, 0.3) is 0 Å². The van der Waals surface area contributed by atoms with Crippen LogP contribution in [-0.2, 0) is 10.0 Å². The van der Waals surface area contributed by atoms with Gasteiger partial charge in [-0.15, -0.1) is 0 Å². The van der Waals surface area contributed by atoms with Crippen LogP contribution < -0.4 is 4.72 Å². The molecule has 1 rings (SSSR count). The fourth-order valence-corrected chi connectivity index (χ4v) is 3.65. The maximum atomic E-state index is 12.8. The Bertz CT molecular complexity index is 509. The predicted octanol–water partition coefficient (Wildman–Crippen LogP) is 3.38. The monoisotopic (exact) mass is 323 g/mol. The fraction of sp³-hybridized carbons (Fsp3) is 0.455. The summed E-state index contributed by atoms with van der Waals surface area (Å²) in [5, 5.41) is 0. The molecule has 0 aliphatic heterocycles. The summed E-state index contributed by atoms with van der Waals surface area (Å²) in [6.45, 7) is 5.52. The standard InChI is InChI=1S/C11H15BrFNO2S/c1-11(2,3)7-17(15,16)14-10-5-4-8(13)6-9(10)12/h4-6,14H,7H2,1-3H3. The normalized spacial score (nSPS) is 12.5. The largest absolute Gasteiger partial charge is 0.282 e. The molecule has 17 heavy (non-hydrogen) atoms. The third-order valence-corrected chi connectivity index (χ3v) is 4.25. The molecule has 0 spiro atoms. The van der Waals surface area contributed by atoms with Crippen molar-refractivity contribution in [2.75, 3.05) is 10.5 Å². The van der Waals surface area contributed by atoms with Gasteiger partial charge >= 0.3 is 0 Å². The van der Waals surface area contributed by atoms with E-state index in [4.69, 9.17) is 0 Å². The number of halogens is 2. The molecule has 3 nitrogen and oxygen atoms in total. The van der Waals surface area contributed by atoms with Crippen LogP contribution in [0.5, 0.6) is 0 Å². The zero-order chi connectivity index (χ0) is 13.3. The molecule has 1 aromatic rings. The molecule has 0 aliphatic carbocycles. The van der Waals surface area contributed by atoms with E-state index in [0.717, 1.165) is 0 Å². The van der Waals surface area contributed by atoms with Gasteiger partial charge in [0.1, 0.15) is 5.82 Å². The molecule has 0 heterocycles. The van der Waals surface area contributed by atoms with Gasteiger partial charge in [-0.1, -0.05) is 20.8 Å². The Morgan fingerprint density at radius 1 is 1.35 bits per heavy atom. The maximum Gasteiger partial charge on any atom is 0.233 e. The van der Waals surface area contributed by atoms with E-state index in [-0.39, 0.29) is 11.2 Å². The highest BCUT2D eigenvalue weighted by molar-refractivity contribution is 9.10. The van der Waals surface area contributed by atoms with E-state index in [1.807, 2.05) is 20.8 Å². The molecule has 0 amide bonds. The van der Waals surface area contributed by atoms with E-state index in [1.54, 1.807) is 0 Å². The molecule has 0 aliphatic rings. The Hall–Kier alpha value is -0.620. The van der Waals surface area contributed by atoms with Crippen LogP contribution >= 0.6 is 15.9 Å². The molecule has 0 atom stereocenters. The zero-order valence-electron chi connectivity index (χ0n) is 9.92. The second kappa shape index (κ2) is 4.94. The number of hydrogen-bond donors (Lipinski definition) is 1. The lowest BCUT2D eigenvalue weighted by molar-refractivity contribution is 0.463. The molecule has 96 valence electrons. The Morgan fingerprint density at radius 3 is 2.41 bits per heavy atom. The molecule has 0 bridgehead atoms. The van der Waals surface area contributed by atoms with Crippen LogP contribution in [0.15, 0.2) is 22.7 Å². The first-order chi connectivity index (χ1) is 7.59. The number of benzene rings is 1. The second-order valence-corrected chi connectivity index (χ2v) is 7.62. The van der Waals surface area contributed by atoms with Crippen LogP contribution in [0.4, 0.5) is 10.1 Å². The molecule has 6 heteroatoms. The number of hydrogen-bond acceptors (Lipinski definition) is 2. The average molecular weight is 324 g/mol. The van der Waals surface area contributed by atoms with Gasteiger partial charge in [0, 0.05) is 4.47 Å². The third kappa shape index (κ3) is 5.04. The minimum Gasteiger partial charge on any atom is -0.282 e. The Labute approximate surface area is 110 Å². The molecular weight excluding hydrogens is 309 g/mol. The first kappa shape index (κ1) is 14.4. The fourth-order valence-electron chi connectivity index (χ4n) is 1.35. The van der Waals surface area contributed by atoms with Gasteiger partial charge in [-0.25, -0.2) is 12.8 Å². The van der Waals surface area contributed by atoms with Crippen molar-refractivity contribution in [1.29, 1.82) is 0 Å². The van der Waals surface area contributed by atoms with Crippen molar-refractivity contribution in [2.24, 2.45) is 5.41 Å². The van der Waals surface area contributed by atoms with Crippen molar-refractivity contribution in [2.45, 2.75) is 20.8 Å². The van der Waals surface area contributed by atoms with Gasteiger partial charge in [-0.05, 0) is 39.5 Å². The van der Waals surface area contributed by atoms with E-state index in [2.05, 4.69) is 20.7 Å². The van der Waals surface area contributed by atoms with E-state index >= 15 is 0 Å². The van der Waals surface area contributed by atoms with Gasteiger partial charge in [0.2, 0.25) is 10.0 Å². The first-order valence-corrected chi connectivity index (χ1v) is 7.49. The molecule has 1 aromatic carbocycles.